The number of carbonyl (C=O) groups is 1. The van der Waals surface area contributed by atoms with Crippen LogP contribution in [0.3, 0.4) is 0 Å². The van der Waals surface area contributed by atoms with Crippen molar-refractivity contribution >= 4 is 5.91 Å². The minimum Gasteiger partial charge on any atom is -0.497 e. The van der Waals surface area contributed by atoms with Gasteiger partial charge >= 0.3 is 0 Å². The molecule has 138 valence electrons. The number of benzene rings is 3. The average Bonchev–Trinajstić information content (AvgIpc) is 2.74. The van der Waals surface area contributed by atoms with Gasteiger partial charge in [0.25, 0.3) is 5.91 Å². The van der Waals surface area contributed by atoms with Crippen molar-refractivity contribution in [1.29, 1.82) is 0 Å². The summed E-state index contributed by atoms with van der Waals surface area (Å²) in [6.45, 7) is 0.440. The number of ether oxygens (including phenoxy) is 2. The topological polar surface area (TPSA) is 38.8 Å². The molecule has 0 aromatic heterocycles. The van der Waals surface area contributed by atoms with Crippen molar-refractivity contribution in [2.75, 3.05) is 21.3 Å². The highest BCUT2D eigenvalue weighted by atomic mass is 16.5. The van der Waals surface area contributed by atoms with Gasteiger partial charge in [-0.15, -0.1) is 0 Å². The maximum Gasteiger partial charge on any atom is 0.254 e. The maximum atomic E-state index is 13.1. The highest BCUT2D eigenvalue weighted by molar-refractivity contribution is 6.00. The van der Waals surface area contributed by atoms with Crippen molar-refractivity contribution in [3.05, 3.63) is 83.9 Å². The van der Waals surface area contributed by atoms with E-state index in [0.29, 0.717) is 17.9 Å². The van der Waals surface area contributed by atoms with Gasteiger partial charge in [-0.1, -0.05) is 48.5 Å². The van der Waals surface area contributed by atoms with Gasteiger partial charge < -0.3 is 14.4 Å². The molecule has 0 saturated heterocycles. The second kappa shape index (κ2) is 8.41. The van der Waals surface area contributed by atoms with Crippen LogP contribution in [0.15, 0.2) is 72.8 Å². The maximum absolute atomic E-state index is 13.1. The zero-order chi connectivity index (χ0) is 19.2. The Morgan fingerprint density at radius 3 is 2.30 bits per heavy atom. The van der Waals surface area contributed by atoms with Crippen LogP contribution < -0.4 is 9.47 Å². The Morgan fingerprint density at radius 1 is 0.889 bits per heavy atom. The molecule has 0 saturated carbocycles. The highest BCUT2D eigenvalue weighted by Gasteiger charge is 2.18. The molecule has 0 aliphatic rings. The van der Waals surface area contributed by atoms with Gasteiger partial charge in [-0.2, -0.15) is 0 Å². The number of carbonyl (C=O) groups excluding carboxylic acids is 1. The van der Waals surface area contributed by atoms with E-state index in [4.69, 9.17) is 9.47 Å². The minimum absolute atomic E-state index is 0.0349. The third kappa shape index (κ3) is 4.11. The van der Waals surface area contributed by atoms with Crippen LogP contribution in [0.2, 0.25) is 0 Å². The second-order valence-electron chi connectivity index (χ2n) is 6.25. The molecule has 0 spiro atoms. The lowest BCUT2D eigenvalue weighted by atomic mass is 9.99. The summed E-state index contributed by atoms with van der Waals surface area (Å²) >= 11 is 0. The third-order valence-electron chi connectivity index (χ3n) is 4.49. The first kappa shape index (κ1) is 18.5. The predicted molar refractivity (Wildman–Crippen MR) is 107 cm³/mol. The number of rotatable bonds is 6. The van der Waals surface area contributed by atoms with Crippen LogP contribution >= 0.6 is 0 Å². The summed E-state index contributed by atoms with van der Waals surface area (Å²) in [4.78, 5) is 14.8. The lowest BCUT2D eigenvalue weighted by Crippen LogP contribution is -2.27. The zero-order valence-electron chi connectivity index (χ0n) is 15.8. The van der Waals surface area contributed by atoms with Crippen molar-refractivity contribution in [1.82, 2.24) is 4.90 Å². The van der Waals surface area contributed by atoms with Crippen LogP contribution in [0.25, 0.3) is 11.1 Å². The number of methoxy groups -OCH3 is 2. The van der Waals surface area contributed by atoms with E-state index in [1.807, 2.05) is 72.8 Å². The van der Waals surface area contributed by atoms with Gasteiger partial charge in [0.1, 0.15) is 11.5 Å². The first-order valence-electron chi connectivity index (χ1n) is 8.75. The quantitative estimate of drug-likeness (QED) is 0.642. The van der Waals surface area contributed by atoms with Gasteiger partial charge in [-0.3, -0.25) is 4.79 Å². The fourth-order valence-corrected chi connectivity index (χ4v) is 3.05. The van der Waals surface area contributed by atoms with Gasteiger partial charge in [-0.25, -0.2) is 0 Å². The van der Waals surface area contributed by atoms with E-state index in [-0.39, 0.29) is 5.91 Å². The molecule has 0 fully saturated rings. The van der Waals surface area contributed by atoms with E-state index in [9.17, 15) is 4.79 Å². The average molecular weight is 361 g/mol. The summed E-state index contributed by atoms with van der Waals surface area (Å²) in [6.07, 6.45) is 0. The normalized spacial score (nSPS) is 10.3. The van der Waals surface area contributed by atoms with Crippen molar-refractivity contribution in [2.45, 2.75) is 6.54 Å². The van der Waals surface area contributed by atoms with Crippen molar-refractivity contribution in [2.24, 2.45) is 0 Å². The molecule has 3 aromatic carbocycles. The molecule has 3 rings (SSSR count). The van der Waals surface area contributed by atoms with Crippen LogP contribution in [-0.4, -0.2) is 32.1 Å². The first-order valence-corrected chi connectivity index (χ1v) is 8.75. The van der Waals surface area contributed by atoms with Gasteiger partial charge in [0.2, 0.25) is 0 Å². The molecule has 0 atom stereocenters. The van der Waals surface area contributed by atoms with Crippen molar-refractivity contribution in [3.8, 4) is 22.6 Å². The lowest BCUT2D eigenvalue weighted by Gasteiger charge is -2.21. The molecule has 4 nitrogen and oxygen atoms in total. The van der Waals surface area contributed by atoms with E-state index in [1.165, 1.54) is 0 Å². The third-order valence-corrected chi connectivity index (χ3v) is 4.49. The van der Waals surface area contributed by atoms with Crippen LogP contribution in [0.4, 0.5) is 0 Å². The van der Waals surface area contributed by atoms with Crippen molar-refractivity contribution < 1.29 is 14.3 Å². The van der Waals surface area contributed by atoms with Gasteiger partial charge in [-0.05, 0) is 29.3 Å². The molecule has 27 heavy (non-hydrogen) atoms. The van der Waals surface area contributed by atoms with Crippen LogP contribution in [0, 0.1) is 0 Å². The molecule has 3 aromatic rings. The molecular formula is C23H23NO3. The van der Waals surface area contributed by atoms with Crippen molar-refractivity contribution in [3.63, 3.8) is 0 Å². The fourth-order valence-electron chi connectivity index (χ4n) is 3.05. The van der Waals surface area contributed by atoms with E-state index in [0.717, 1.165) is 22.4 Å². The Bertz CT molecular complexity index is 922. The van der Waals surface area contributed by atoms with Gasteiger partial charge in [0.05, 0.1) is 14.2 Å². The smallest absolute Gasteiger partial charge is 0.254 e. The molecule has 0 N–H and O–H groups in total. The molecule has 0 radical (unpaired) electrons. The van der Waals surface area contributed by atoms with E-state index >= 15 is 0 Å². The van der Waals surface area contributed by atoms with Crippen LogP contribution in [-0.2, 0) is 6.54 Å². The second-order valence-corrected chi connectivity index (χ2v) is 6.25. The summed E-state index contributed by atoms with van der Waals surface area (Å²) in [5.41, 5.74) is 3.55. The Morgan fingerprint density at radius 2 is 1.59 bits per heavy atom. The summed E-state index contributed by atoms with van der Waals surface area (Å²) < 4.78 is 10.7. The summed E-state index contributed by atoms with van der Waals surface area (Å²) in [6, 6.07) is 23.2. The van der Waals surface area contributed by atoms with Gasteiger partial charge in [0.15, 0.2) is 0 Å². The summed E-state index contributed by atoms with van der Waals surface area (Å²) in [7, 11) is 5.03. The standard InChI is InChI=1S/C23H23NO3/c1-24(16-18-13-14-19(26-2)15-22(18)27-3)23(25)21-12-8-7-11-20(21)17-9-5-4-6-10-17/h4-15H,16H2,1-3H3. The largest absolute Gasteiger partial charge is 0.497 e. The molecule has 0 unspecified atom stereocenters. The molecule has 0 heterocycles. The summed E-state index contributed by atoms with van der Waals surface area (Å²) in [5.74, 6) is 1.39. The number of nitrogens with zero attached hydrogens (tertiary/aromatic N) is 1. The molecule has 4 heteroatoms. The zero-order valence-corrected chi connectivity index (χ0v) is 15.8. The van der Waals surface area contributed by atoms with E-state index in [1.54, 1.807) is 26.2 Å². The van der Waals surface area contributed by atoms with E-state index < -0.39 is 0 Å². The Labute approximate surface area is 160 Å². The van der Waals surface area contributed by atoms with Crippen LogP contribution in [0.5, 0.6) is 11.5 Å². The highest BCUT2D eigenvalue weighted by Crippen LogP contribution is 2.28. The molecule has 0 aliphatic carbocycles. The van der Waals surface area contributed by atoms with Gasteiger partial charge in [0, 0.05) is 30.8 Å². The number of amides is 1. The fraction of sp³-hybridized carbons (Fsp3) is 0.174. The van der Waals surface area contributed by atoms with E-state index in [2.05, 4.69) is 0 Å². The number of hydrogen-bond acceptors (Lipinski definition) is 3. The SMILES string of the molecule is COc1ccc(CN(C)C(=O)c2ccccc2-c2ccccc2)c(OC)c1. The summed E-state index contributed by atoms with van der Waals surface area (Å²) in [5, 5.41) is 0. The predicted octanol–water partition coefficient (Wildman–Crippen LogP) is 4.64. The lowest BCUT2D eigenvalue weighted by molar-refractivity contribution is 0.0785. The number of hydrogen-bond donors (Lipinski definition) is 0. The van der Waals surface area contributed by atoms with Crippen LogP contribution in [0.1, 0.15) is 15.9 Å². The Kier molecular flexibility index (Phi) is 5.77. The molecular weight excluding hydrogens is 338 g/mol. The molecule has 1 amide bonds. The first-order chi connectivity index (χ1) is 13.1. The molecule has 0 aliphatic heterocycles. The molecule has 0 bridgehead atoms. The Hall–Kier alpha value is -3.27. The monoisotopic (exact) mass is 361 g/mol. The Balaban J connectivity index is 1.87. The minimum atomic E-state index is -0.0349.